The van der Waals surface area contributed by atoms with Crippen molar-refractivity contribution in [3.8, 4) is 0 Å². The molecule has 1 aromatic heterocycles. The van der Waals surface area contributed by atoms with E-state index < -0.39 is 11.9 Å². The molecule has 29 heavy (non-hydrogen) atoms. The summed E-state index contributed by atoms with van der Waals surface area (Å²) in [7, 11) is 5.27. The van der Waals surface area contributed by atoms with Crippen LogP contribution in [-0.4, -0.2) is 43.0 Å². The third-order valence-electron chi connectivity index (χ3n) is 4.10. The average Bonchev–Trinajstić information content (AvgIpc) is 2.74. The Hall–Kier alpha value is -3.94. The summed E-state index contributed by atoms with van der Waals surface area (Å²) in [5.41, 5.74) is 3.07. The van der Waals surface area contributed by atoms with E-state index in [9.17, 15) is 9.59 Å². The van der Waals surface area contributed by atoms with Gasteiger partial charge in [0.1, 0.15) is 11.5 Å². The SMILES string of the molecule is COC(=O)c1ccc(NC(=O)c2cnc(Nc3ccc(N(C)C)cc3)cn2)cc1. The van der Waals surface area contributed by atoms with Crippen molar-refractivity contribution in [3.05, 3.63) is 72.2 Å². The molecule has 2 N–H and O–H groups in total. The maximum Gasteiger partial charge on any atom is 0.337 e. The highest BCUT2D eigenvalue weighted by Gasteiger charge is 2.10. The summed E-state index contributed by atoms with van der Waals surface area (Å²) < 4.78 is 4.64. The topological polar surface area (TPSA) is 96.4 Å². The molecule has 0 saturated heterocycles. The summed E-state index contributed by atoms with van der Waals surface area (Å²) in [6.07, 6.45) is 2.89. The van der Waals surface area contributed by atoms with Crippen LogP contribution in [0.25, 0.3) is 0 Å². The molecule has 1 amide bonds. The van der Waals surface area contributed by atoms with Crippen LogP contribution in [0.3, 0.4) is 0 Å². The molecule has 8 heteroatoms. The molecular formula is C21H21N5O3. The molecule has 0 saturated carbocycles. The van der Waals surface area contributed by atoms with Crippen LogP contribution in [0.2, 0.25) is 0 Å². The van der Waals surface area contributed by atoms with Crippen LogP contribution in [0.4, 0.5) is 22.9 Å². The molecule has 3 rings (SSSR count). The number of hydrogen-bond donors (Lipinski definition) is 2. The van der Waals surface area contributed by atoms with Gasteiger partial charge in [-0.15, -0.1) is 0 Å². The molecular weight excluding hydrogens is 370 g/mol. The van der Waals surface area contributed by atoms with Crippen molar-refractivity contribution in [2.75, 3.05) is 36.7 Å². The first-order chi connectivity index (χ1) is 14.0. The molecule has 0 unspecified atom stereocenters. The fourth-order valence-electron chi connectivity index (χ4n) is 2.50. The zero-order chi connectivity index (χ0) is 20.8. The molecule has 148 valence electrons. The number of carbonyl (C=O) groups excluding carboxylic acids is 2. The molecule has 0 aliphatic heterocycles. The van der Waals surface area contributed by atoms with Crippen molar-refractivity contribution in [3.63, 3.8) is 0 Å². The zero-order valence-corrected chi connectivity index (χ0v) is 16.3. The van der Waals surface area contributed by atoms with Crippen LogP contribution in [0.5, 0.6) is 0 Å². The van der Waals surface area contributed by atoms with Gasteiger partial charge in [0.05, 0.1) is 25.1 Å². The van der Waals surface area contributed by atoms with Gasteiger partial charge in [0.15, 0.2) is 0 Å². The Balaban J connectivity index is 1.61. The van der Waals surface area contributed by atoms with E-state index in [0.29, 0.717) is 17.1 Å². The number of ether oxygens (including phenoxy) is 1. The number of nitrogens with zero attached hydrogens (tertiary/aromatic N) is 3. The minimum absolute atomic E-state index is 0.176. The van der Waals surface area contributed by atoms with Crippen LogP contribution < -0.4 is 15.5 Å². The Bertz CT molecular complexity index is 984. The fraction of sp³-hybridized carbons (Fsp3) is 0.143. The molecule has 0 aliphatic rings. The third-order valence-corrected chi connectivity index (χ3v) is 4.10. The number of esters is 1. The van der Waals surface area contributed by atoms with Gasteiger partial charge < -0.3 is 20.3 Å². The molecule has 0 aliphatic carbocycles. The minimum atomic E-state index is -0.437. The van der Waals surface area contributed by atoms with E-state index in [1.165, 1.54) is 19.5 Å². The molecule has 0 spiro atoms. The second-order valence-corrected chi connectivity index (χ2v) is 6.38. The van der Waals surface area contributed by atoms with Crippen LogP contribution in [0.15, 0.2) is 60.9 Å². The van der Waals surface area contributed by atoms with Gasteiger partial charge in [-0.3, -0.25) is 4.79 Å². The predicted octanol–water partition coefficient (Wildman–Crippen LogP) is 3.33. The lowest BCUT2D eigenvalue weighted by molar-refractivity contribution is 0.0600. The van der Waals surface area contributed by atoms with Crippen molar-refractivity contribution in [1.82, 2.24) is 9.97 Å². The van der Waals surface area contributed by atoms with E-state index in [1.54, 1.807) is 24.3 Å². The van der Waals surface area contributed by atoms with Crippen LogP contribution in [0, 0.1) is 0 Å². The number of nitrogens with one attached hydrogen (secondary N) is 2. The summed E-state index contributed by atoms with van der Waals surface area (Å²) in [5.74, 6) is -0.306. The largest absolute Gasteiger partial charge is 0.465 e. The summed E-state index contributed by atoms with van der Waals surface area (Å²) in [4.78, 5) is 34.2. The zero-order valence-electron chi connectivity index (χ0n) is 16.3. The van der Waals surface area contributed by atoms with Gasteiger partial charge >= 0.3 is 5.97 Å². The molecule has 3 aromatic rings. The van der Waals surface area contributed by atoms with E-state index in [0.717, 1.165) is 11.4 Å². The Morgan fingerprint density at radius 2 is 1.55 bits per heavy atom. The second-order valence-electron chi connectivity index (χ2n) is 6.38. The summed E-state index contributed by atoms with van der Waals surface area (Å²) in [5, 5.41) is 5.85. The third kappa shape index (κ3) is 5.07. The van der Waals surface area contributed by atoms with Gasteiger partial charge in [0.2, 0.25) is 0 Å². The number of carbonyl (C=O) groups is 2. The number of methoxy groups -OCH3 is 1. The Morgan fingerprint density at radius 1 is 0.897 bits per heavy atom. The van der Waals surface area contributed by atoms with Gasteiger partial charge in [-0.2, -0.15) is 0 Å². The van der Waals surface area contributed by atoms with Gasteiger partial charge in [0.25, 0.3) is 5.91 Å². The van der Waals surface area contributed by atoms with E-state index in [1.807, 2.05) is 43.3 Å². The molecule has 1 heterocycles. The van der Waals surface area contributed by atoms with E-state index in [-0.39, 0.29) is 5.69 Å². The average molecular weight is 391 g/mol. The smallest absolute Gasteiger partial charge is 0.337 e. The standard InChI is InChI=1S/C21H21N5O3/c1-26(2)17-10-8-15(9-11-17)24-19-13-22-18(12-23-19)20(27)25-16-6-4-14(5-7-16)21(28)29-3/h4-13H,1-3H3,(H,23,24)(H,25,27). The van der Waals surface area contributed by atoms with E-state index in [4.69, 9.17) is 0 Å². The molecule has 0 fully saturated rings. The number of anilines is 4. The first kappa shape index (κ1) is 19.8. The first-order valence-electron chi connectivity index (χ1n) is 8.82. The van der Waals surface area contributed by atoms with Crippen molar-refractivity contribution in [2.45, 2.75) is 0 Å². The van der Waals surface area contributed by atoms with Gasteiger partial charge in [0, 0.05) is 31.2 Å². The summed E-state index contributed by atoms with van der Waals surface area (Å²) in [6, 6.07) is 14.2. The van der Waals surface area contributed by atoms with Crippen LogP contribution >= 0.6 is 0 Å². The fourth-order valence-corrected chi connectivity index (χ4v) is 2.50. The maximum atomic E-state index is 12.3. The molecule has 2 aromatic carbocycles. The number of aromatic nitrogens is 2. The van der Waals surface area contributed by atoms with Crippen LogP contribution in [0.1, 0.15) is 20.8 Å². The summed E-state index contributed by atoms with van der Waals surface area (Å²) in [6.45, 7) is 0. The lowest BCUT2D eigenvalue weighted by atomic mass is 10.2. The van der Waals surface area contributed by atoms with Gasteiger partial charge in [-0.1, -0.05) is 0 Å². The highest BCUT2D eigenvalue weighted by Crippen LogP contribution is 2.19. The first-order valence-corrected chi connectivity index (χ1v) is 8.82. The lowest BCUT2D eigenvalue weighted by Gasteiger charge is -2.13. The number of amides is 1. The normalized spacial score (nSPS) is 10.2. The monoisotopic (exact) mass is 391 g/mol. The Kier molecular flexibility index (Phi) is 6.03. The van der Waals surface area contributed by atoms with Gasteiger partial charge in [-0.05, 0) is 48.5 Å². The highest BCUT2D eigenvalue weighted by molar-refractivity contribution is 6.03. The van der Waals surface area contributed by atoms with Crippen molar-refractivity contribution in [2.24, 2.45) is 0 Å². The summed E-state index contributed by atoms with van der Waals surface area (Å²) >= 11 is 0. The maximum absolute atomic E-state index is 12.3. The van der Waals surface area contributed by atoms with Crippen molar-refractivity contribution < 1.29 is 14.3 Å². The van der Waals surface area contributed by atoms with E-state index in [2.05, 4.69) is 25.3 Å². The van der Waals surface area contributed by atoms with E-state index >= 15 is 0 Å². The molecule has 0 bridgehead atoms. The highest BCUT2D eigenvalue weighted by atomic mass is 16.5. The second kappa shape index (κ2) is 8.83. The predicted molar refractivity (Wildman–Crippen MR) is 112 cm³/mol. The Morgan fingerprint density at radius 3 is 2.10 bits per heavy atom. The van der Waals surface area contributed by atoms with Crippen molar-refractivity contribution >= 4 is 34.8 Å². The molecule has 0 radical (unpaired) electrons. The number of benzene rings is 2. The minimum Gasteiger partial charge on any atom is -0.465 e. The quantitative estimate of drug-likeness (QED) is 0.622. The van der Waals surface area contributed by atoms with Gasteiger partial charge in [-0.25, -0.2) is 14.8 Å². The number of rotatable bonds is 6. The molecule has 8 nitrogen and oxygen atoms in total. The molecule has 0 atom stereocenters. The number of hydrogen-bond acceptors (Lipinski definition) is 7. The Labute approximate surface area is 168 Å². The van der Waals surface area contributed by atoms with Crippen molar-refractivity contribution in [1.29, 1.82) is 0 Å². The van der Waals surface area contributed by atoms with Crippen LogP contribution in [-0.2, 0) is 4.74 Å². The lowest BCUT2D eigenvalue weighted by Crippen LogP contribution is -2.14.